The average Bonchev–Trinajstić information content (AvgIpc) is 3.27. The predicted molar refractivity (Wildman–Crippen MR) is 131 cm³/mol. The number of pyridine rings is 1. The first kappa shape index (κ1) is 23.9. The van der Waals surface area contributed by atoms with Crippen LogP contribution in [0.15, 0.2) is 66.3 Å². The third-order valence-corrected chi connectivity index (χ3v) is 4.30. The van der Waals surface area contributed by atoms with Crippen LogP contribution in [0.5, 0.6) is 5.75 Å². The minimum Gasteiger partial charge on any atom is -0.489 e. The Morgan fingerprint density at radius 1 is 1.20 bits per heavy atom. The highest BCUT2D eigenvalue weighted by Gasteiger charge is 2.06. The summed E-state index contributed by atoms with van der Waals surface area (Å²) in [5, 5.41) is 7.27. The molecule has 0 amide bonds. The fraction of sp³-hybridized carbons (Fsp3) is 0.286. The van der Waals surface area contributed by atoms with Gasteiger partial charge in [0.05, 0.1) is 13.1 Å². The number of benzene rings is 1. The van der Waals surface area contributed by atoms with Crippen molar-refractivity contribution < 1.29 is 4.74 Å². The molecular weight excluding hydrogens is 515 g/mol. The summed E-state index contributed by atoms with van der Waals surface area (Å²) in [5.41, 5.74) is 1.06. The summed E-state index contributed by atoms with van der Waals surface area (Å²) in [6.07, 6.45) is 7.07. The van der Waals surface area contributed by atoms with E-state index in [-0.39, 0.29) is 30.1 Å². The second kappa shape index (κ2) is 12.4. The SMILES string of the molecule is CCNC(=NCc1ccnc(-n2ccnc2)c1)NCC(C)Oc1ccc(Cl)cc1.I. The van der Waals surface area contributed by atoms with Gasteiger partial charge in [-0.05, 0) is 55.8 Å². The topological polar surface area (TPSA) is 76.4 Å². The number of nitrogens with one attached hydrogen (secondary N) is 2. The molecule has 0 aliphatic heterocycles. The molecule has 2 heterocycles. The van der Waals surface area contributed by atoms with Gasteiger partial charge in [-0.15, -0.1) is 24.0 Å². The van der Waals surface area contributed by atoms with E-state index in [2.05, 4.69) is 25.6 Å². The average molecular weight is 541 g/mol. The lowest BCUT2D eigenvalue weighted by atomic mass is 10.2. The van der Waals surface area contributed by atoms with Gasteiger partial charge in [0.1, 0.15) is 24.0 Å². The molecule has 2 aromatic heterocycles. The van der Waals surface area contributed by atoms with Crippen molar-refractivity contribution in [3.05, 3.63) is 71.9 Å². The van der Waals surface area contributed by atoms with E-state index in [4.69, 9.17) is 16.3 Å². The number of nitrogens with zero attached hydrogens (tertiary/aromatic N) is 4. The maximum Gasteiger partial charge on any atom is 0.191 e. The van der Waals surface area contributed by atoms with Crippen LogP contribution >= 0.6 is 35.6 Å². The van der Waals surface area contributed by atoms with Crippen molar-refractivity contribution in [1.29, 1.82) is 0 Å². The van der Waals surface area contributed by atoms with Gasteiger partial charge in [0, 0.05) is 30.2 Å². The summed E-state index contributed by atoms with van der Waals surface area (Å²) < 4.78 is 7.76. The summed E-state index contributed by atoms with van der Waals surface area (Å²) in [6, 6.07) is 11.3. The minimum absolute atomic E-state index is 0. The van der Waals surface area contributed by atoms with Crippen LogP contribution in [0.2, 0.25) is 5.02 Å². The number of ether oxygens (including phenoxy) is 1. The molecule has 160 valence electrons. The van der Waals surface area contributed by atoms with Crippen molar-refractivity contribution in [2.45, 2.75) is 26.5 Å². The quantitative estimate of drug-likeness (QED) is 0.256. The highest BCUT2D eigenvalue weighted by molar-refractivity contribution is 14.0. The Morgan fingerprint density at radius 2 is 2.00 bits per heavy atom. The van der Waals surface area contributed by atoms with E-state index < -0.39 is 0 Å². The van der Waals surface area contributed by atoms with Gasteiger partial charge in [0.25, 0.3) is 0 Å². The van der Waals surface area contributed by atoms with Crippen LogP contribution in [0.3, 0.4) is 0 Å². The number of guanidine groups is 1. The molecule has 2 N–H and O–H groups in total. The summed E-state index contributed by atoms with van der Waals surface area (Å²) in [6.45, 7) is 5.96. The second-order valence-corrected chi connectivity index (χ2v) is 6.89. The van der Waals surface area contributed by atoms with E-state index in [1.54, 1.807) is 18.7 Å². The maximum atomic E-state index is 5.91. The first-order valence-electron chi connectivity index (χ1n) is 9.51. The van der Waals surface area contributed by atoms with Crippen LogP contribution in [-0.2, 0) is 6.54 Å². The largest absolute Gasteiger partial charge is 0.489 e. The fourth-order valence-electron chi connectivity index (χ4n) is 2.63. The van der Waals surface area contributed by atoms with E-state index in [0.29, 0.717) is 18.1 Å². The van der Waals surface area contributed by atoms with E-state index in [0.717, 1.165) is 29.6 Å². The molecule has 0 spiro atoms. The molecule has 3 rings (SSSR count). The predicted octanol–water partition coefficient (Wildman–Crippen LogP) is 4.06. The van der Waals surface area contributed by atoms with Crippen LogP contribution in [0.25, 0.3) is 5.82 Å². The maximum absolute atomic E-state index is 5.91. The van der Waals surface area contributed by atoms with Gasteiger partial charge in [0.2, 0.25) is 0 Å². The van der Waals surface area contributed by atoms with Gasteiger partial charge in [-0.1, -0.05) is 11.6 Å². The molecule has 0 aliphatic rings. The van der Waals surface area contributed by atoms with Crippen LogP contribution in [0.4, 0.5) is 0 Å². The summed E-state index contributed by atoms with van der Waals surface area (Å²) >= 11 is 5.91. The standard InChI is InChI=1S/C21H25ClN6O.HI/c1-3-24-21(26-13-16(2)29-19-6-4-18(22)5-7-19)27-14-17-8-9-25-20(12-17)28-11-10-23-15-28;/h4-12,15-16H,3,13-14H2,1-2H3,(H2,24,26,27);1H. The van der Waals surface area contributed by atoms with E-state index in [1.165, 1.54) is 0 Å². The Balaban J connectivity index is 0.00000320. The number of aliphatic imine (C=N–C) groups is 1. The van der Waals surface area contributed by atoms with Gasteiger partial charge < -0.3 is 15.4 Å². The molecule has 0 aliphatic carbocycles. The molecule has 9 heteroatoms. The zero-order valence-electron chi connectivity index (χ0n) is 17.0. The highest BCUT2D eigenvalue weighted by atomic mass is 127. The number of aromatic nitrogens is 3. The fourth-order valence-corrected chi connectivity index (χ4v) is 2.76. The second-order valence-electron chi connectivity index (χ2n) is 6.45. The molecule has 0 bridgehead atoms. The molecule has 1 aromatic carbocycles. The van der Waals surface area contributed by atoms with Crippen molar-refractivity contribution in [3.63, 3.8) is 0 Å². The van der Waals surface area contributed by atoms with Crippen molar-refractivity contribution >= 4 is 41.5 Å². The molecule has 30 heavy (non-hydrogen) atoms. The van der Waals surface area contributed by atoms with Gasteiger partial charge >= 0.3 is 0 Å². The van der Waals surface area contributed by atoms with Crippen molar-refractivity contribution in [1.82, 2.24) is 25.2 Å². The molecule has 1 atom stereocenters. The molecule has 1 unspecified atom stereocenters. The zero-order valence-corrected chi connectivity index (χ0v) is 20.0. The first-order chi connectivity index (χ1) is 14.1. The normalized spacial score (nSPS) is 12.0. The summed E-state index contributed by atoms with van der Waals surface area (Å²) in [5.74, 6) is 2.34. The minimum atomic E-state index is -0.0335. The van der Waals surface area contributed by atoms with Crippen molar-refractivity contribution in [3.8, 4) is 11.6 Å². The number of rotatable bonds is 8. The number of imidazole rings is 1. The Labute approximate surface area is 199 Å². The van der Waals surface area contributed by atoms with Crippen LogP contribution < -0.4 is 15.4 Å². The Morgan fingerprint density at radius 3 is 2.70 bits per heavy atom. The number of hydrogen-bond donors (Lipinski definition) is 2. The van der Waals surface area contributed by atoms with Crippen LogP contribution in [0.1, 0.15) is 19.4 Å². The Kier molecular flexibility index (Phi) is 9.88. The lowest BCUT2D eigenvalue weighted by Gasteiger charge is -2.17. The molecule has 0 saturated heterocycles. The van der Waals surface area contributed by atoms with Gasteiger partial charge in [0.15, 0.2) is 5.96 Å². The Hall–Kier alpha value is -2.33. The summed E-state index contributed by atoms with van der Waals surface area (Å²) in [4.78, 5) is 13.1. The first-order valence-corrected chi connectivity index (χ1v) is 9.89. The van der Waals surface area contributed by atoms with E-state index >= 15 is 0 Å². The van der Waals surface area contributed by atoms with Gasteiger partial charge in [-0.25, -0.2) is 15.0 Å². The number of hydrogen-bond acceptors (Lipinski definition) is 4. The smallest absolute Gasteiger partial charge is 0.191 e. The van der Waals surface area contributed by atoms with E-state index in [9.17, 15) is 0 Å². The number of halogens is 2. The molecule has 7 nitrogen and oxygen atoms in total. The Bertz CT molecular complexity index is 918. The van der Waals surface area contributed by atoms with Crippen molar-refractivity contribution in [2.24, 2.45) is 4.99 Å². The van der Waals surface area contributed by atoms with Crippen LogP contribution in [-0.4, -0.2) is 39.7 Å². The van der Waals surface area contributed by atoms with Crippen LogP contribution in [0, 0.1) is 0 Å². The third-order valence-electron chi connectivity index (χ3n) is 4.05. The monoisotopic (exact) mass is 540 g/mol. The van der Waals surface area contributed by atoms with Crippen molar-refractivity contribution in [2.75, 3.05) is 13.1 Å². The third kappa shape index (κ3) is 7.49. The van der Waals surface area contributed by atoms with Gasteiger partial charge in [-0.3, -0.25) is 4.57 Å². The zero-order chi connectivity index (χ0) is 20.5. The molecular formula is C21H26ClIN6O. The molecule has 0 fully saturated rings. The molecule has 0 saturated carbocycles. The molecule has 3 aromatic rings. The summed E-state index contributed by atoms with van der Waals surface area (Å²) in [7, 11) is 0. The lowest BCUT2D eigenvalue weighted by molar-refractivity contribution is 0.224. The van der Waals surface area contributed by atoms with E-state index in [1.807, 2.05) is 61.0 Å². The highest BCUT2D eigenvalue weighted by Crippen LogP contribution is 2.16. The van der Waals surface area contributed by atoms with Gasteiger partial charge in [-0.2, -0.15) is 0 Å². The lowest BCUT2D eigenvalue weighted by Crippen LogP contribution is -2.41. The molecule has 0 radical (unpaired) electrons.